The topological polar surface area (TPSA) is 72.2 Å². The average molecular weight is 329 g/mol. The zero-order valence-corrected chi connectivity index (χ0v) is 14.5. The molecule has 3 N–H and O–H groups in total. The van der Waals surface area contributed by atoms with Crippen LogP contribution in [0.3, 0.4) is 0 Å². The number of aryl methyl sites for hydroxylation is 1. The van der Waals surface area contributed by atoms with E-state index in [1.807, 2.05) is 25.6 Å². The van der Waals surface area contributed by atoms with Crippen LogP contribution in [-0.4, -0.2) is 26.0 Å². The van der Waals surface area contributed by atoms with Crippen molar-refractivity contribution >= 4 is 27.5 Å². The Hall–Kier alpha value is -0.720. The van der Waals surface area contributed by atoms with Crippen molar-refractivity contribution in [2.24, 2.45) is 0 Å². The van der Waals surface area contributed by atoms with Crippen LogP contribution >= 0.6 is 11.8 Å². The lowest BCUT2D eigenvalue weighted by atomic mass is 9.96. The minimum absolute atomic E-state index is 0.0299. The molecule has 2 unspecified atom stereocenters. The predicted octanol–water partition coefficient (Wildman–Crippen LogP) is 2.84. The Morgan fingerprint density at radius 1 is 1.29 bits per heavy atom. The largest absolute Gasteiger partial charge is 0.399 e. The van der Waals surface area contributed by atoms with Gasteiger partial charge in [-0.25, -0.2) is 13.1 Å². The average Bonchev–Trinajstić information content (AvgIpc) is 2.42. The molecule has 2 atom stereocenters. The smallest absolute Gasteiger partial charge is 0.241 e. The zero-order chi connectivity index (χ0) is 15.6. The van der Waals surface area contributed by atoms with Crippen molar-refractivity contribution in [3.8, 4) is 0 Å². The fourth-order valence-electron chi connectivity index (χ4n) is 2.88. The molecule has 1 aliphatic carbocycles. The van der Waals surface area contributed by atoms with Gasteiger partial charge in [-0.05, 0) is 62.6 Å². The summed E-state index contributed by atoms with van der Waals surface area (Å²) in [5.41, 5.74) is 7.97. The highest BCUT2D eigenvalue weighted by Crippen LogP contribution is 2.29. The number of hydrogen-bond acceptors (Lipinski definition) is 4. The number of nitrogen functional groups attached to an aromatic ring is 1. The van der Waals surface area contributed by atoms with Gasteiger partial charge in [0.25, 0.3) is 0 Å². The second-order valence-electron chi connectivity index (χ2n) is 5.80. The molecule has 0 radical (unpaired) electrons. The summed E-state index contributed by atoms with van der Waals surface area (Å²) in [7, 11) is -3.51. The van der Waals surface area contributed by atoms with Crippen LogP contribution in [0.4, 0.5) is 5.69 Å². The van der Waals surface area contributed by atoms with Crippen LogP contribution in [0, 0.1) is 13.8 Å². The molecule has 6 heteroatoms. The fourth-order valence-corrected chi connectivity index (χ4v) is 5.34. The summed E-state index contributed by atoms with van der Waals surface area (Å²) >= 11 is 1.82. The van der Waals surface area contributed by atoms with E-state index in [-0.39, 0.29) is 6.04 Å². The number of benzene rings is 1. The van der Waals surface area contributed by atoms with Gasteiger partial charge < -0.3 is 5.73 Å². The third-order valence-corrected chi connectivity index (χ3v) is 6.95. The molecule has 0 heterocycles. The minimum Gasteiger partial charge on any atom is -0.399 e. The molecular formula is C15H24N2O2S2. The standard InChI is InChI=1S/C15H24N2O2S2/c1-10-7-12(16)8-15(11(10)2)21(18,19)17-13-5-4-6-14(9-13)20-3/h7-8,13-14,17H,4-6,9,16H2,1-3H3. The summed E-state index contributed by atoms with van der Waals surface area (Å²) in [6.07, 6.45) is 6.16. The van der Waals surface area contributed by atoms with Crippen LogP contribution in [0.1, 0.15) is 36.8 Å². The molecule has 1 aromatic rings. The van der Waals surface area contributed by atoms with Crippen molar-refractivity contribution in [3.05, 3.63) is 23.3 Å². The summed E-state index contributed by atoms with van der Waals surface area (Å²) in [4.78, 5) is 0.311. The van der Waals surface area contributed by atoms with Crippen molar-refractivity contribution in [2.45, 2.75) is 55.7 Å². The van der Waals surface area contributed by atoms with Gasteiger partial charge in [0.05, 0.1) is 4.90 Å². The lowest BCUT2D eigenvalue weighted by molar-refractivity contribution is 0.420. The highest BCUT2D eigenvalue weighted by Gasteiger charge is 2.27. The lowest BCUT2D eigenvalue weighted by Crippen LogP contribution is -2.39. The van der Waals surface area contributed by atoms with Crippen LogP contribution in [0.25, 0.3) is 0 Å². The lowest BCUT2D eigenvalue weighted by Gasteiger charge is -2.28. The fraction of sp³-hybridized carbons (Fsp3) is 0.600. The summed E-state index contributed by atoms with van der Waals surface area (Å²) in [5.74, 6) is 0. The molecule has 0 aromatic heterocycles. The molecule has 0 amide bonds. The quantitative estimate of drug-likeness (QED) is 0.834. The number of nitrogens with one attached hydrogen (secondary N) is 1. The van der Waals surface area contributed by atoms with Gasteiger partial charge in [-0.3, -0.25) is 0 Å². The highest BCUT2D eigenvalue weighted by atomic mass is 32.2. The molecule has 0 saturated heterocycles. The minimum atomic E-state index is -3.51. The molecule has 0 aliphatic heterocycles. The molecule has 21 heavy (non-hydrogen) atoms. The number of anilines is 1. The molecule has 2 rings (SSSR count). The predicted molar refractivity (Wildman–Crippen MR) is 90.2 cm³/mol. The first kappa shape index (κ1) is 16.6. The second-order valence-corrected chi connectivity index (χ2v) is 8.62. The maximum Gasteiger partial charge on any atom is 0.241 e. The molecule has 4 nitrogen and oxygen atoms in total. The summed E-state index contributed by atoms with van der Waals surface area (Å²) in [6, 6.07) is 3.39. The van der Waals surface area contributed by atoms with E-state index in [0.717, 1.165) is 30.4 Å². The molecule has 0 bridgehead atoms. The number of sulfonamides is 1. The van der Waals surface area contributed by atoms with Gasteiger partial charge in [0.15, 0.2) is 0 Å². The molecule has 118 valence electrons. The SMILES string of the molecule is CSC1CCCC(NS(=O)(=O)c2cc(N)cc(C)c2C)C1. The van der Waals surface area contributed by atoms with E-state index in [4.69, 9.17) is 5.73 Å². The Kier molecular flexibility index (Phi) is 5.22. The van der Waals surface area contributed by atoms with Gasteiger partial charge in [-0.1, -0.05) is 6.42 Å². The van der Waals surface area contributed by atoms with Crippen LogP contribution in [0.5, 0.6) is 0 Å². The monoisotopic (exact) mass is 328 g/mol. The maximum atomic E-state index is 12.6. The molecule has 1 saturated carbocycles. The first-order valence-electron chi connectivity index (χ1n) is 7.25. The van der Waals surface area contributed by atoms with Gasteiger partial charge in [-0.15, -0.1) is 0 Å². The molecule has 1 aliphatic rings. The van der Waals surface area contributed by atoms with Crippen LogP contribution in [0.15, 0.2) is 17.0 Å². The van der Waals surface area contributed by atoms with Crippen molar-refractivity contribution in [3.63, 3.8) is 0 Å². The Morgan fingerprint density at radius 3 is 2.67 bits per heavy atom. The van der Waals surface area contributed by atoms with Gasteiger partial charge >= 0.3 is 0 Å². The van der Waals surface area contributed by atoms with Crippen molar-refractivity contribution in [1.29, 1.82) is 0 Å². The third-order valence-electron chi connectivity index (χ3n) is 4.21. The number of hydrogen-bond donors (Lipinski definition) is 2. The zero-order valence-electron chi connectivity index (χ0n) is 12.8. The van der Waals surface area contributed by atoms with Gasteiger partial charge in [0, 0.05) is 17.0 Å². The molecule has 0 spiro atoms. The number of thioether (sulfide) groups is 1. The van der Waals surface area contributed by atoms with E-state index < -0.39 is 10.0 Å². The van der Waals surface area contributed by atoms with Crippen LogP contribution < -0.4 is 10.5 Å². The van der Waals surface area contributed by atoms with Crippen LogP contribution in [-0.2, 0) is 10.0 Å². The number of nitrogens with two attached hydrogens (primary N) is 1. The molecule has 1 aromatic carbocycles. The van der Waals surface area contributed by atoms with Crippen molar-refractivity contribution < 1.29 is 8.42 Å². The highest BCUT2D eigenvalue weighted by molar-refractivity contribution is 7.99. The Balaban J connectivity index is 2.23. The summed E-state index contributed by atoms with van der Waals surface area (Å²) in [5, 5.41) is 0.551. The van der Waals surface area contributed by atoms with E-state index in [2.05, 4.69) is 11.0 Å². The van der Waals surface area contributed by atoms with Gasteiger partial charge in [-0.2, -0.15) is 11.8 Å². The number of rotatable bonds is 4. The van der Waals surface area contributed by atoms with Gasteiger partial charge in [0.1, 0.15) is 0 Å². The van der Waals surface area contributed by atoms with Crippen molar-refractivity contribution in [1.82, 2.24) is 4.72 Å². The van der Waals surface area contributed by atoms with Crippen LogP contribution in [0.2, 0.25) is 0 Å². The van der Waals surface area contributed by atoms with Gasteiger partial charge in [0.2, 0.25) is 10.0 Å². The third kappa shape index (κ3) is 3.93. The molecule has 1 fully saturated rings. The van der Waals surface area contributed by atoms with Crippen molar-refractivity contribution in [2.75, 3.05) is 12.0 Å². The molecular weight excluding hydrogens is 304 g/mol. The van der Waals surface area contributed by atoms with E-state index in [1.165, 1.54) is 6.42 Å². The first-order chi connectivity index (χ1) is 9.83. The Labute approximate surface area is 131 Å². The summed E-state index contributed by atoms with van der Waals surface area (Å²) < 4.78 is 28.2. The Bertz CT molecular complexity index is 614. The van der Waals surface area contributed by atoms with E-state index in [0.29, 0.717) is 15.8 Å². The van der Waals surface area contributed by atoms with E-state index >= 15 is 0 Å². The normalized spacial score (nSPS) is 23.2. The second kappa shape index (κ2) is 6.58. The maximum absolute atomic E-state index is 12.6. The summed E-state index contributed by atoms with van der Waals surface area (Å²) in [6.45, 7) is 3.71. The first-order valence-corrected chi connectivity index (χ1v) is 10.0. The van der Waals surface area contributed by atoms with E-state index in [9.17, 15) is 8.42 Å². The Morgan fingerprint density at radius 2 is 2.00 bits per heavy atom. The van der Waals surface area contributed by atoms with E-state index in [1.54, 1.807) is 12.1 Å².